The second-order valence-electron chi connectivity index (χ2n) is 6.53. The highest BCUT2D eigenvalue weighted by molar-refractivity contribution is 4.81. The molecule has 0 aromatic heterocycles. The summed E-state index contributed by atoms with van der Waals surface area (Å²) in [6.07, 6.45) is 0.965. The lowest BCUT2D eigenvalue weighted by Crippen LogP contribution is -2.46. The molecule has 0 bridgehead atoms. The molecule has 3 heteroatoms. The van der Waals surface area contributed by atoms with Crippen molar-refractivity contribution in [3.8, 4) is 0 Å². The minimum absolute atomic E-state index is 0.101. The summed E-state index contributed by atoms with van der Waals surface area (Å²) in [6.45, 7) is 12.7. The fraction of sp³-hybridized carbons (Fsp3) is 1.00. The fourth-order valence-corrected chi connectivity index (χ4v) is 1.95. The smallest absolute Gasteiger partial charge is 0.0638 e. The molecule has 0 saturated heterocycles. The molecule has 0 aromatic carbocycles. The van der Waals surface area contributed by atoms with Crippen LogP contribution >= 0.6 is 0 Å². The third-order valence-electron chi connectivity index (χ3n) is 2.90. The molecule has 0 spiro atoms. The number of methoxy groups -OCH3 is 1. The van der Waals surface area contributed by atoms with Crippen LogP contribution in [0.3, 0.4) is 0 Å². The number of hydrogen-bond acceptors (Lipinski definition) is 3. The Morgan fingerprint density at radius 2 is 1.69 bits per heavy atom. The first-order valence-corrected chi connectivity index (χ1v) is 6.07. The lowest BCUT2D eigenvalue weighted by atomic mass is 9.93. The van der Waals surface area contributed by atoms with Gasteiger partial charge in [-0.05, 0) is 32.7 Å². The molecule has 3 nitrogen and oxygen atoms in total. The van der Waals surface area contributed by atoms with Gasteiger partial charge in [-0.1, -0.05) is 20.8 Å². The van der Waals surface area contributed by atoms with Gasteiger partial charge in [-0.15, -0.1) is 0 Å². The zero-order chi connectivity index (χ0) is 13.0. The number of ether oxygens (including phenoxy) is 1. The third-order valence-corrected chi connectivity index (χ3v) is 2.90. The molecule has 0 saturated carbocycles. The SMILES string of the molecule is COC(C)(C)CC(CN)N(C)CC(C)(C)C. The van der Waals surface area contributed by atoms with E-state index in [1.54, 1.807) is 7.11 Å². The number of nitrogens with zero attached hydrogens (tertiary/aromatic N) is 1. The van der Waals surface area contributed by atoms with E-state index in [9.17, 15) is 0 Å². The van der Waals surface area contributed by atoms with Crippen molar-refractivity contribution in [1.29, 1.82) is 0 Å². The van der Waals surface area contributed by atoms with Crippen molar-refractivity contribution in [1.82, 2.24) is 4.90 Å². The van der Waals surface area contributed by atoms with Crippen LogP contribution in [0.1, 0.15) is 41.0 Å². The van der Waals surface area contributed by atoms with Crippen molar-refractivity contribution in [2.45, 2.75) is 52.7 Å². The van der Waals surface area contributed by atoms with Gasteiger partial charge in [0.2, 0.25) is 0 Å². The Morgan fingerprint density at radius 3 is 2.00 bits per heavy atom. The average Bonchev–Trinajstić information content (AvgIpc) is 2.11. The molecule has 98 valence electrons. The summed E-state index contributed by atoms with van der Waals surface area (Å²) in [5, 5.41) is 0. The Kier molecular flexibility index (Phi) is 5.94. The Labute approximate surface area is 101 Å². The van der Waals surface area contributed by atoms with Crippen LogP contribution in [-0.4, -0.2) is 43.8 Å². The van der Waals surface area contributed by atoms with Gasteiger partial charge in [0.1, 0.15) is 0 Å². The highest BCUT2D eigenvalue weighted by Gasteiger charge is 2.26. The third kappa shape index (κ3) is 6.46. The van der Waals surface area contributed by atoms with E-state index < -0.39 is 0 Å². The quantitative estimate of drug-likeness (QED) is 0.759. The van der Waals surface area contributed by atoms with Crippen LogP contribution in [0.4, 0.5) is 0 Å². The molecule has 0 radical (unpaired) electrons. The summed E-state index contributed by atoms with van der Waals surface area (Å²) in [7, 11) is 3.91. The molecule has 0 aromatic rings. The fourth-order valence-electron chi connectivity index (χ4n) is 1.95. The lowest BCUT2D eigenvalue weighted by molar-refractivity contribution is -0.00768. The molecule has 0 fully saturated rings. The normalized spacial score (nSPS) is 15.6. The van der Waals surface area contributed by atoms with Crippen LogP contribution in [0.25, 0.3) is 0 Å². The summed E-state index contributed by atoms with van der Waals surface area (Å²) in [6, 6.07) is 0.383. The van der Waals surface area contributed by atoms with E-state index in [0.29, 0.717) is 18.0 Å². The van der Waals surface area contributed by atoms with Crippen molar-refractivity contribution >= 4 is 0 Å². The maximum atomic E-state index is 5.86. The first-order chi connectivity index (χ1) is 7.11. The van der Waals surface area contributed by atoms with Gasteiger partial charge >= 0.3 is 0 Å². The van der Waals surface area contributed by atoms with Gasteiger partial charge in [0.15, 0.2) is 0 Å². The molecular weight excluding hydrogens is 200 g/mol. The summed E-state index contributed by atoms with van der Waals surface area (Å²) in [5.74, 6) is 0. The lowest BCUT2D eigenvalue weighted by Gasteiger charge is -2.36. The number of nitrogens with two attached hydrogens (primary N) is 1. The minimum atomic E-state index is -0.101. The molecule has 0 aliphatic rings. The summed E-state index contributed by atoms with van der Waals surface area (Å²) in [4.78, 5) is 2.35. The van der Waals surface area contributed by atoms with E-state index in [4.69, 9.17) is 10.5 Å². The Morgan fingerprint density at radius 1 is 1.19 bits per heavy atom. The minimum Gasteiger partial charge on any atom is -0.379 e. The van der Waals surface area contributed by atoms with E-state index in [1.165, 1.54) is 0 Å². The van der Waals surface area contributed by atoms with Crippen LogP contribution in [0.5, 0.6) is 0 Å². The van der Waals surface area contributed by atoms with Crippen LogP contribution in [0.2, 0.25) is 0 Å². The first-order valence-electron chi connectivity index (χ1n) is 6.07. The maximum Gasteiger partial charge on any atom is 0.0638 e. The van der Waals surface area contributed by atoms with Gasteiger partial charge in [0.25, 0.3) is 0 Å². The molecule has 0 heterocycles. The number of rotatable bonds is 6. The van der Waals surface area contributed by atoms with E-state index >= 15 is 0 Å². The van der Waals surface area contributed by atoms with E-state index in [-0.39, 0.29) is 5.60 Å². The molecule has 1 atom stereocenters. The zero-order valence-electron chi connectivity index (χ0n) is 12.1. The molecule has 1 unspecified atom stereocenters. The highest BCUT2D eigenvalue weighted by Crippen LogP contribution is 2.21. The van der Waals surface area contributed by atoms with E-state index in [1.807, 2.05) is 0 Å². The van der Waals surface area contributed by atoms with Crippen molar-refractivity contribution < 1.29 is 4.74 Å². The van der Waals surface area contributed by atoms with Gasteiger partial charge in [-0.3, -0.25) is 0 Å². The van der Waals surface area contributed by atoms with Crippen LogP contribution < -0.4 is 5.73 Å². The molecule has 0 aliphatic carbocycles. The average molecular weight is 230 g/mol. The van der Waals surface area contributed by atoms with Crippen molar-refractivity contribution in [2.24, 2.45) is 11.1 Å². The first kappa shape index (κ1) is 15.9. The predicted molar refractivity (Wildman–Crippen MR) is 70.6 cm³/mol. The molecule has 0 amide bonds. The van der Waals surface area contributed by atoms with Gasteiger partial charge in [0.05, 0.1) is 5.60 Å². The van der Waals surface area contributed by atoms with Crippen LogP contribution in [0.15, 0.2) is 0 Å². The van der Waals surface area contributed by atoms with E-state index in [2.05, 4.69) is 46.6 Å². The predicted octanol–water partition coefficient (Wildman–Crippen LogP) is 2.11. The summed E-state index contributed by atoms with van der Waals surface area (Å²) in [5.41, 5.74) is 6.06. The second-order valence-corrected chi connectivity index (χ2v) is 6.53. The van der Waals surface area contributed by atoms with Crippen LogP contribution in [0, 0.1) is 5.41 Å². The van der Waals surface area contributed by atoms with Gasteiger partial charge < -0.3 is 15.4 Å². The molecule has 0 rings (SSSR count). The molecule has 0 aliphatic heterocycles. The van der Waals surface area contributed by atoms with Crippen LogP contribution in [-0.2, 0) is 4.74 Å². The van der Waals surface area contributed by atoms with Crippen molar-refractivity contribution in [3.05, 3.63) is 0 Å². The molecular formula is C13H30N2O. The number of likely N-dealkylation sites (N-methyl/N-ethyl adjacent to an activating group) is 1. The van der Waals surface area contributed by atoms with Gasteiger partial charge in [-0.2, -0.15) is 0 Å². The monoisotopic (exact) mass is 230 g/mol. The standard InChI is InChI=1S/C13H30N2O/c1-12(2,3)10-15(6)11(9-14)8-13(4,5)16-7/h11H,8-10,14H2,1-7H3. The van der Waals surface area contributed by atoms with Gasteiger partial charge in [0, 0.05) is 26.2 Å². The summed E-state index contributed by atoms with van der Waals surface area (Å²) >= 11 is 0. The van der Waals surface area contributed by atoms with E-state index in [0.717, 1.165) is 13.0 Å². The Hall–Kier alpha value is -0.120. The van der Waals surface area contributed by atoms with Gasteiger partial charge in [-0.25, -0.2) is 0 Å². The topological polar surface area (TPSA) is 38.5 Å². The molecule has 16 heavy (non-hydrogen) atoms. The summed E-state index contributed by atoms with van der Waals surface area (Å²) < 4.78 is 5.47. The highest BCUT2D eigenvalue weighted by atomic mass is 16.5. The molecule has 2 N–H and O–H groups in total. The number of hydrogen-bond donors (Lipinski definition) is 1. The van der Waals surface area contributed by atoms with Crippen molar-refractivity contribution in [3.63, 3.8) is 0 Å². The second kappa shape index (κ2) is 5.99. The zero-order valence-corrected chi connectivity index (χ0v) is 12.1. The van der Waals surface area contributed by atoms with Crippen molar-refractivity contribution in [2.75, 3.05) is 27.2 Å². The Balaban J connectivity index is 4.38. The maximum absolute atomic E-state index is 5.86. The largest absolute Gasteiger partial charge is 0.379 e. The Bertz CT molecular complexity index is 197.